The number of hydrogen-bond donors (Lipinski definition) is 3. The number of ether oxygens (including phenoxy) is 2. The first kappa shape index (κ1) is 36.2. The average Bonchev–Trinajstić information content (AvgIpc) is 3.50. The van der Waals surface area contributed by atoms with Crippen LogP contribution >= 0.6 is 0 Å². The van der Waals surface area contributed by atoms with Crippen LogP contribution in [0.4, 0.5) is 0 Å². The number of amides is 2. The molecule has 0 saturated heterocycles. The fourth-order valence-electron chi connectivity index (χ4n) is 4.10. The van der Waals surface area contributed by atoms with E-state index in [0.717, 1.165) is 6.42 Å². The van der Waals surface area contributed by atoms with Crippen molar-refractivity contribution >= 4 is 23.6 Å². The van der Waals surface area contributed by atoms with Gasteiger partial charge in [0.05, 0.1) is 32.5 Å². The molecule has 13 heteroatoms. The number of nitrogens with zero attached hydrogens (tertiary/aromatic N) is 3. The molecule has 1 aromatic heterocycles. The van der Waals surface area contributed by atoms with E-state index in [1.165, 1.54) is 20.5 Å². The minimum absolute atomic E-state index is 0.101. The zero-order valence-corrected chi connectivity index (χ0v) is 25.8. The van der Waals surface area contributed by atoms with E-state index in [0.29, 0.717) is 23.4 Å². The Morgan fingerprint density at radius 3 is 2.31 bits per heavy atom. The van der Waals surface area contributed by atoms with Gasteiger partial charge in [0.25, 0.3) is 5.89 Å². The highest BCUT2D eigenvalue weighted by Crippen LogP contribution is 2.26. The SMILES string of the molecule is CC.CCCN(CC(=O)C(CC(=O)O)NC(=O)C(NC(=O)Cc1cc(-c2ncno2)ccc1OC)C(C)C)C(C)OC. The molecule has 2 rings (SSSR count). The van der Waals surface area contributed by atoms with Crippen LogP contribution in [0.5, 0.6) is 5.75 Å². The van der Waals surface area contributed by atoms with E-state index in [9.17, 15) is 24.3 Å². The third kappa shape index (κ3) is 11.2. The monoisotopic (exact) mass is 591 g/mol. The lowest BCUT2D eigenvalue weighted by molar-refractivity contribution is -0.141. The fourth-order valence-corrected chi connectivity index (χ4v) is 4.10. The Bertz CT molecular complexity index is 1140. The smallest absolute Gasteiger partial charge is 0.305 e. The molecule has 13 nitrogen and oxygen atoms in total. The van der Waals surface area contributed by atoms with Gasteiger partial charge in [0.1, 0.15) is 18.0 Å². The largest absolute Gasteiger partial charge is 0.496 e. The number of ketones is 1. The Balaban J connectivity index is 0.00000431. The van der Waals surface area contributed by atoms with Crippen molar-refractivity contribution in [2.45, 2.75) is 79.1 Å². The van der Waals surface area contributed by atoms with E-state index in [2.05, 4.69) is 20.8 Å². The van der Waals surface area contributed by atoms with Crippen LogP contribution in [0.1, 0.15) is 59.9 Å². The number of aliphatic carboxylic acids is 1. The van der Waals surface area contributed by atoms with Crippen LogP contribution in [-0.4, -0.2) is 89.3 Å². The van der Waals surface area contributed by atoms with Gasteiger partial charge in [-0.15, -0.1) is 0 Å². The van der Waals surface area contributed by atoms with Crippen LogP contribution in [0.25, 0.3) is 11.5 Å². The Morgan fingerprint density at radius 2 is 1.79 bits per heavy atom. The molecule has 3 unspecified atom stereocenters. The summed E-state index contributed by atoms with van der Waals surface area (Å²) in [6.07, 6.45) is 0.925. The minimum Gasteiger partial charge on any atom is -0.496 e. The number of nitrogens with one attached hydrogen (secondary N) is 2. The van der Waals surface area contributed by atoms with Gasteiger partial charge < -0.3 is 29.7 Å². The summed E-state index contributed by atoms with van der Waals surface area (Å²) in [6.45, 7) is 11.7. The van der Waals surface area contributed by atoms with E-state index in [1.54, 1.807) is 43.9 Å². The second kappa shape index (κ2) is 18.6. The van der Waals surface area contributed by atoms with E-state index in [-0.39, 0.29) is 31.0 Å². The van der Waals surface area contributed by atoms with Gasteiger partial charge in [-0.1, -0.05) is 39.8 Å². The summed E-state index contributed by atoms with van der Waals surface area (Å²) in [5.74, 6) is -2.46. The molecule has 234 valence electrons. The number of carbonyl (C=O) groups excluding carboxylic acids is 3. The Kier molecular flexibility index (Phi) is 16.0. The lowest BCUT2D eigenvalue weighted by Gasteiger charge is -2.29. The number of carboxylic acid groups (broad SMARTS) is 1. The molecule has 0 saturated carbocycles. The Hall–Kier alpha value is -3.84. The van der Waals surface area contributed by atoms with Crippen molar-refractivity contribution in [3.8, 4) is 17.2 Å². The molecule has 0 spiro atoms. The molecule has 0 aliphatic heterocycles. The number of rotatable bonds is 17. The maximum Gasteiger partial charge on any atom is 0.305 e. The van der Waals surface area contributed by atoms with E-state index in [1.807, 2.05) is 20.8 Å². The predicted molar refractivity (Wildman–Crippen MR) is 156 cm³/mol. The predicted octanol–water partition coefficient (Wildman–Crippen LogP) is 2.69. The van der Waals surface area contributed by atoms with Crippen molar-refractivity contribution in [2.75, 3.05) is 27.3 Å². The van der Waals surface area contributed by atoms with Crippen molar-refractivity contribution in [1.82, 2.24) is 25.7 Å². The third-order valence-electron chi connectivity index (χ3n) is 6.31. The number of methoxy groups -OCH3 is 2. The molecule has 1 heterocycles. The highest BCUT2D eigenvalue weighted by Gasteiger charge is 2.31. The molecule has 2 amide bonds. The van der Waals surface area contributed by atoms with Gasteiger partial charge in [-0.3, -0.25) is 24.1 Å². The molecule has 0 bridgehead atoms. The van der Waals surface area contributed by atoms with Crippen LogP contribution in [0.2, 0.25) is 0 Å². The third-order valence-corrected chi connectivity index (χ3v) is 6.31. The van der Waals surface area contributed by atoms with Crippen molar-refractivity contribution < 1.29 is 38.3 Å². The van der Waals surface area contributed by atoms with E-state index >= 15 is 0 Å². The van der Waals surface area contributed by atoms with Gasteiger partial charge in [-0.05, 0) is 37.5 Å². The zero-order valence-electron chi connectivity index (χ0n) is 25.8. The second-order valence-corrected chi connectivity index (χ2v) is 9.67. The van der Waals surface area contributed by atoms with Crippen molar-refractivity contribution in [3.05, 3.63) is 30.1 Å². The first-order chi connectivity index (χ1) is 20.0. The topological polar surface area (TPSA) is 173 Å². The molecule has 42 heavy (non-hydrogen) atoms. The Labute approximate surface area is 247 Å². The zero-order chi connectivity index (χ0) is 31.8. The highest BCUT2D eigenvalue weighted by molar-refractivity contribution is 5.95. The lowest BCUT2D eigenvalue weighted by atomic mass is 10.0. The van der Waals surface area contributed by atoms with Gasteiger partial charge in [0.2, 0.25) is 11.8 Å². The molecule has 1 aromatic carbocycles. The van der Waals surface area contributed by atoms with Crippen LogP contribution in [0.3, 0.4) is 0 Å². The average molecular weight is 592 g/mol. The van der Waals surface area contributed by atoms with E-state index < -0.39 is 42.1 Å². The second-order valence-electron chi connectivity index (χ2n) is 9.67. The Morgan fingerprint density at radius 1 is 1.10 bits per heavy atom. The first-order valence-electron chi connectivity index (χ1n) is 14.1. The molecule has 0 aliphatic rings. The van der Waals surface area contributed by atoms with Gasteiger partial charge in [-0.2, -0.15) is 4.98 Å². The summed E-state index contributed by atoms with van der Waals surface area (Å²) in [6, 6.07) is 2.76. The molecule has 0 radical (unpaired) electrons. The van der Waals surface area contributed by atoms with Gasteiger partial charge in [-0.25, -0.2) is 0 Å². The quantitative estimate of drug-likeness (QED) is 0.231. The van der Waals surface area contributed by atoms with Crippen molar-refractivity contribution in [2.24, 2.45) is 5.92 Å². The number of carboxylic acids is 1. The van der Waals surface area contributed by atoms with E-state index in [4.69, 9.17) is 14.0 Å². The number of Topliss-reactive ketones (excluding diaryl/α,β-unsaturated/α-hetero) is 1. The first-order valence-corrected chi connectivity index (χ1v) is 14.1. The van der Waals surface area contributed by atoms with Crippen molar-refractivity contribution in [3.63, 3.8) is 0 Å². The number of benzene rings is 1. The molecule has 0 aliphatic carbocycles. The summed E-state index contributed by atoms with van der Waals surface area (Å²) in [7, 11) is 2.99. The normalized spacial score (nSPS) is 13.0. The summed E-state index contributed by atoms with van der Waals surface area (Å²) >= 11 is 0. The number of aromatic nitrogens is 2. The highest BCUT2D eigenvalue weighted by atomic mass is 16.5. The number of hydrogen-bond acceptors (Lipinski definition) is 10. The molecular formula is C29H45N5O8. The van der Waals surface area contributed by atoms with Gasteiger partial charge in [0.15, 0.2) is 12.1 Å². The lowest BCUT2D eigenvalue weighted by Crippen LogP contribution is -2.55. The van der Waals surface area contributed by atoms with Crippen LogP contribution in [0, 0.1) is 5.92 Å². The van der Waals surface area contributed by atoms with Crippen LogP contribution in [-0.2, 0) is 30.3 Å². The number of carbonyl (C=O) groups is 4. The van der Waals surface area contributed by atoms with Crippen LogP contribution in [0.15, 0.2) is 29.0 Å². The molecule has 0 fully saturated rings. The summed E-state index contributed by atoms with van der Waals surface area (Å²) in [4.78, 5) is 56.7. The molecule has 2 aromatic rings. The van der Waals surface area contributed by atoms with Gasteiger partial charge >= 0.3 is 5.97 Å². The van der Waals surface area contributed by atoms with Crippen molar-refractivity contribution in [1.29, 1.82) is 0 Å². The molecule has 3 atom stereocenters. The summed E-state index contributed by atoms with van der Waals surface area (Å²) < 4.78 is 15.8. The summed E-state index contributed by atoms with van der Waals surface area (Å²) in [5, 5.41) is 18.2. The van der Waals surface area contributed by atoms with Gasteiger partial charge in [0, 0.05) is 24.8 Å². The summed E-state index contributed by atoms with van der Waals surface area (Å²) in [5.41, 5.74) is 1.12. The maximum absolute atomic E-state index is 13.2. The van der Waals surface area contributed by atoms with Crippen LogP contribution < -0.4 is 15.4 Å². The minimum atomic E-state index is -1.28. The molecular weight excluding hydrogens is 546 g/mol. The standard InChI is InChI=1S/C27H39N5O8.C2H6/c1-7-10-32(17(4)38-5)14-21(33)20(13-24(35)36)30-26(37)25(16(2)3)31-23(34)12-19-11-18(8-9-22(19)39-6)27-28-15-29-40-27;1-2/h8-9,11,15-17,20,25H,7,10,12-14H2,1-6H3,(H,30,37)(H,31,34)(H,35,36);1-2H3. The molecule has 3 N–H and O–H groups in total. The fraction of sp³-hybridized carbons (Fsp3) is 0.586. The maximum atomic E-state index is 13.2.